The Kier molecular flexibility index (Phi) is 2.63. The molecule has 0 aliphatic carbocycles. The third-order valence-electron chi connectivity index (χ3n) is 2.46. The Morgan fingerprint density at radius 2 is 2.26 bits per heavy atom. The molecule has 3 aromatic rings. The lowest BCUT2D eigenvalue weighted by atomic mass is 10.3. The van der Waals surface area contributed by atoms with Gasteiger partial charge >= 0.3 is 0 Å². The maximum absolute atomic E-state index is 9.15. The van der Waals surface area contributed by atoms with Gasteiger partial charge in [-0.05, 0) is 17.3 Å². The Labute approximate surface area is 107 Å². The highest BCUT2D eigenvalue weighted by Gasteiger charge is 2.07. The average molecular weight is 252 g/mol. The Morgan fingerprint density at radius 1 is 1.37 bits per heavy atom. The second-order valence-electron chi connectivity index (χ2n) is 3.65. The number of allylic oxidation sites excluding steroid dienone is 1. The summed E-state index contributed by atoms with van der Waals surface area (Å²) in [6.45, 7) is 0. The lowest BCUT2D eigenvalue weighted by Crippen LogP contribution is -1.94. The van der Waals surface area contributed by atoms with Crippen molar-refractivity contribution in [3.8, 4) is 6.07 Å². The second-order valence-corrected chi connectivity index (χ2v) is 3.65. The quantitative estimate of drug-likeness (QED) is 0.599. The number of anilines is 1. The molecule has 8 heteroatoms. The molecule has 0 aliphatic rings. The van der Waals surface area contributed by atoms with Crippen molar-refractivity contribution in [1.29, 1.82) is 5.26 Å². The van der Waals surface area contributed by atoms with Crippen molar-refractivity contribution in [2.75, 3.05) is 5.32 Å². The van der Waals surface area contributed by atoms with Crippen LogP contribution in [0.15, 0.2) is 30.5 Å². The molecule has 3 N–H and O–H groups in total. The number of aromatic nitrogens is 6. The molecule has 0 saturated heterocycles. The van der Waals surface area contributed by atoms with Crippen molar-refractivity contribution in [2.45, 2.75) is 0 Å². The smallest absolute Gasteiger partial charge is 0.267 e. The molecule has 2 heterocycles. The highest BCUT2D eigenvalue weighted by atomic mass is 15.5. The molecule has 1 aromatic carbocycles. The number of para-hydroxylation sites is 2. The van der Waals surface area contributed by atoms with E-state index in [0.717, 1.165) is 11.0 Å². The third-order valence-corrected chi connectivity index (χ3v) is 2.46. The molecule has 0 atom stereocenters. The van der Waals surface area contributed by atoms with Gasteiger partial charge in [-0.1, -0.05) is 17.2 Å². The first kappa shape index (κ1) is 10.9. The van der Waals surface area contributed by atoms with Gasteiger partial charge in [0.15, 0.2) is 5.82 Å². The number of hydrogen-bond donors (Lipinski definition) is 3. The highest BCUT2D eigenvalue weighted by molar-refractivity contribution is 5.82. The molecule has 0 fully saturated rings. The topological polar surface area (TPSA) is 119 Å². The van der Waals surface area contributed by atoms with Gasteiger partial charge in [0.25, 0.3) is 5.95 Å². The van der Waals surface area contributed by atoms with Gasteiger partial charge in [-0.2, -0.15) is 10.5 Å². The largest absolute Gasteiger partial charge is 0.337 e. The standard InChI is InChI=1S/C11H8N8/c12-5-7(6-13-11-16-18-19-17-11)10-14-8-3-1-2-4-9(8)15-10/h1-4,6H,(H,14,15)(H2,13,16,17,18,19)/b7-6+. The van der Waals surface area contributed by atoms with Gasteiger partial charge in [-0.15, -0.1) is 5.10 Å². The summed E-state index contributed by atoms with van der Waals surface area (Å²) in [6, 6.07) is 9.62. The maximum Gasteiger partial charge on any atom is 0.267 e. The van der Waals surface area contributed by atoms with Crippen LogP contribution in [0, 0.1) is 11.3 Å². The monoisotopic (exact) mass is 252 g/mol. The molecule has 92 valence electrons. The molecule has 19 heavy (non-hydrogen) atoms. The summed E-state index contributed by atoms with van der Waals surface area (Å²) >= 11 is 0. The van der Waals surface area contributed by atoms with Crippen molar-refractivity contribution >= 4 is 22.6 Å². The fourth-order valence-corrected chi connectivity index (χ4v) is 1.59. The zero-order valence-corrected chi connectivity index (χ0v) is 9.62. The summed E-state index contributed by atoms with van der Waals surface area (Å²) in [7, 11) is 0. The first-order chi connectivity index (χ1) is 9.36. The van der Waals surface area contributed by atoms with Crippen molar-refractivity contribution in [2.24, 2.45) is 0 Å². The minimum Gasteiger partial charge on any atom is -0.337 e. The number of benzene rings is 1. The summed E-state index contributed by atoms with van der Waals surface area (Å²) in [4.78, 5) is 7.40. The van der Waals surface area contributed by atoms with Crippen LogP contribution in [-0.2, 0) is 0 Å². The highest BCUT2D eigenvalue weighted by Crippen LogP contribution is 2.16. The van der Waals surface area contributed by atoms with Gasteiger partial charge in [-0.3, -0.25) is 0 Å². The van der Waals surface area contributed by atoms with Crippen LogP contribution in [0.25, 0.3) is 16.6 Å². The summed E-state index contributed by atoms with van der Waals surface area (Å²) in [5.74, 6) is 0.767. The zero-order chi connectivity index (χ0) is 13.1. The van der Waals surface area contributed by atoms with E-state index in [-0.39, 0.29) is 5.95 Å². The van der Waals surface area contributed by atoms with Gasteiger partial charge in [-0.25, -0.2) is 4.98 Å². The van der Waals surface area contributed by atoms with E-state index >= 15 is 0 Å². The molecule has 3 rings (SSSR count). The average Bonchev–Trinajstić information content (AvgIpc) is 3.08. The number of nitriles is 1. The zero-order valence-electron chi connectivity index (χ0n) is 9.62. The second kappa shape index (κ2) is 4.58. The van der Waals surface area contributed by atoms with E-state index in [9.17, 15) is 0 Å². The number of nitrogens with one attached hydrogen (secondary N) is 3. The van der Waals surface area contributed by atoms with Gasteiger partial charge in [0.1, 0.15) is 11.6 Å². The van der Waals surface area contributed by atoms with Crippen LogP contribution in [0.2, 0.25) is 0 Å². The van der Waals surface area contributed by atoms with Crippen LogP contribution in [0.5, 0.6) is 0 Å². The first-order valence-corrected chi connectivity index (χ1v) is 5.42. The van der Waals surface area contributed by atoms with Crippen LogP contribution in [0.3, 0.4) is 0 Å². The SMILES string of the molecule is N#C/C(=C\Nc1nn[nH]n1)c1nc2ccccc2[nH]1. The predicted molar refractivity (Wildman–Crippen MR) is 67.5 cm³/mol. The van der Waals surface area contributed by atoms with Crippen molar-refractivity contribution in [3.63, 3.8) is 0 Å². The van der Waals surface area contributed by atoms with Crippen molar-refractivity contribution in [3.05, 3.63) is 36.3 Å². The minimum atomic E-state index is 0.281. The lowest BCUT2D eigenvalue weighted by Gasteiger charge is -1.94. The van der Waals surface area contributed by atoms with Gasteiger partial charge in [0, 0.05) is 6.20 Å². The molecule has 0 bridgehead atoms. The summed E-state index contributed by atoms with van der Waals surface area (Å²) < 4.78 is 0. The maximum atomic E-state index is 9.15. The van der Waals surface area contributed by atoms with Gasteiger partial charge in [0.2, 0.25) is 0 Å². The van der Waals surface area contributed by atoms with E-state index in [2.05, 4.69) is 42.0 Å². The lowest BCUT2D eigenvalue weighted by molar-refractivity contribution is 0.881. The number of imidazole rings is 1. The van der Waals surface area contributed by atoms with Crippen LogP contribution in [-0.4, -0.2) is 30.6 Å². The van der Waals surface area contributed by atoms with Gasteiger partial charge in [0.05, 0.1) is 11.0 Å². The van der Waals surface area contributed by atoms with E-state index in [1.54, 1.807) is 0 Å². The summed E-state index contributed by atoms with van der Waals surface area (Å²) in [5.41, 5.74) is 2.03. The summed E-state index contributed by atoms with van der Waals surface area (Å²) in [5, 5.41) is 25.0. The first-order valence-electron chi connectivity index (χ1n) is 5.42. The molecular weight excluding hydrogens is 244 g/mol. The van der Waals surface area contributed by atoms with Crippen molar-refractivity contribution in [1.82, 2.24) is 30.6 Å². The Hall–Kier alpha value is -3.21. The number of rotatable bonds is 3. The van der Waals surface area contributed by atoms with Crippen LogP contribution >= 0.6 is 0 Å². The van der Waals surface area contributed by atoms with E-state index in [0.29, 0.717) is 11.4 Å². The molecular formula is C11H8N8. The molecule has 0 unspecified atom stereocenters. The fourth-order valence-electron chi connectivity index (χ4n) is 1.59. The molecule has 2 aromatic heterocycles. The number of nitrogens with zero attached hydrogens (tertiary/aromatic N) is 5. The van der Waals surface area contributed by atoms with E-state index in [4.69, 9.17) is 5.26 Å². The molecule has 0 radical (unpaired) electrons. The Balaban J connectivity index is 1.93. The molecule has 0 amide bonds. The van der Waals surface area contributed by atoms with E-state index < -0.39 is 0 Å². The Bertz CT molecular complexity index is 728. The third kappa shape index (κ3) is 2.12. The van der Waals surface area contributed by atoms with Crippen LogP contribution < -0.4 is 5.32 Å². The minimum absolute atomic E-state index is 0.281. The number of H-pyrrole nitrogens is 2. The number of fused-ring (bicyclic) bond motifs is 1. The van der Waals surface area contributed by atoms with Crippen molar-refractivity contribution < 1.29 is 0 Å². The molecule has 8 nitrogen and oxygen atoms in total. The number of aromatic amines is 2. The Morgan fingerprint density at radius 3 is 3.00 bits per heavy atom. The fraction of sp³-hybridized carbons (Fsp3) is 0. The number of tetrazole rings is 1. The normalized spacial score (nSPS) is 11.4. The van der Waals surface area contributed by atoms with E-state index in [1.165, 1.54) is 6.20 Å². The molecule has 0 saturated carbocycles. The summed E-state index contributed by atoms with van der Waals surface area (Å²) in [6.07, 6.45) is 1.47. The van der Waals surface area contributed by atoms with Crippen LogP contribution in [0.1, 0.15) is 5.82 Å². The predicted octanol–water partition coefficient (Wildman–Crippen LogP) is 1.05. The van der Waals surface area contributed by atoms with Gasteiger partial charge < -0.3 is 10.3 Å². The van der Waals surface area contributed by atoms with Crippen LogP contribution in [0.4, 0.5) is 5.95 Å². The van der Waals surface area contributed by atoms with E-state index in [1.807, 2.05) is 24.3 Å². The molecule has 0 aliphatic heterocycles. The number of hydrogen-bond acceptors (Lipinski definition) is 6. The molecule has 0 spiro atoms.